The molecule has 0 radical (unpaired) electrons. The summed E-state index contributed by atoms with van der Waals surface area (Å²) in [6, 6.07) is 47.2. The summed E-state index contributed by atoms with van der Waals surface area (Å²) in [7, 11) is -0.504. The molecule has 0 unspecified atom stereocenters. The van der Waals surface area contributed by atoms with Gasteiger partial charge in [0.05, 0.1) is 50.7 Å². The third kappa shape index (κ3) is 15.4. The first-order valence-electron chi connectivity index (χ1n) is 36.6. The molecule has 4 fully saturated rings. The van der Waals surface area contributed by atoms with E-state index in [2.05, 4.69) is 44.4 Å². The highest BCUT2D eigenvalue weighted by molar-refractivity contribution is 9.10. The molecule has 9 aromatic rings. The molecule has 113 heavy (non-hydrogen) atoms. The SMILES string of the molecule is Cc1ccc(CC(=O)C2(c3ccc4c(c3)OC(F)(F)O4)CC2)cc1-c1ccc(CO)c(C(=O)O)c1.Cc1ccc(CC(=O)C2(c3ccc4c(c3)OC(F)(F)O4)CC2)cc1-c1ccc2c(c1)C(=O)OC2.Cc1ccc(CC(=O)C2(c3ccc4c(c3)OC(F)(F)O4)CC2)cc1B1OC(C)(C)C(C)(C)O1.O=C1OCc2ccc(Br)cc21. The van der Waals surface area contributed by atoms with Crippen molar-refractivity contribution in [3.8, 4) is 56.8 Å². The van der Waals surface area contributed by atoms with Gasteiger partial charge < -0.3 is 57.4 Å². The lowest BCUT2D eigenvalue weighted by Gasteiger charge is -2.32. The summed E-state index contributed by atoms with van der Waals surface area (Å²) in [6.45, 7) is 14.2. The summed E-state index contributed by atoms with van der Waals surface area (Å²) in [4.78, 5) is 74.7. The number of aliphatic hydroxyl groups is 1. The predicted octanol–water partition coefficient (Wildman–Crippen LogP) is 17.1. The van der Waals surface area contributed by atoms with E-state index in [0.29, 0.717) is 90.7 Å². The third-order valence-electron chi connectivity index (χ3n) is 22.7. The molecule has 582 valence electrons. The number of carbonyl (C=O) groups is 6. The molecular weight excluding hydrogens is 1540 g/mol. The topological polar surface area (TPSA) is 235 Å². The van der Waals surface area contributed by atoms with Crippen LogP contribution in [0.2, 0.25) is 0 Å². The van der Waals surface area contributed by atoms with Crippen LogP contribution in [0.25, 0.3) is 22.3 Å². The highest BCUT2D eigenvalue weighted by Crippen LogP contribution is 2.56. The van der Waals surface area contributed by atoms with Crippen LogP contribution >= 0.6 is 15.9 Å². The van der Waals surface area contributed by atoms with Crippen molar-refractivity contribution in [1.82, 2.24) is 0 Å². The van der Waals surface area contributed by atoms with Crippen molar-refractivity contribution >= 4 is 63.8 Å². The Kier molecular flexibility index (Phi) is 19.7. The molecule has 9 aromatic carbocycles. The minimum absolute atomic E-state index is 0.0161. The number of esters is 2. The van der Waals surface area contributed by atoms with Gasteiger partial charge >= 0.3 is 43.9 Å². The Hall–Kier alpha value is -10.8. The summed E-state index contributed by atoms with van der Waals surface area (Å²) in [6.07, 6.45) is -6.58. The largest absolute Gasteiger partial charge is 0.586 e. The fraction of sp³-hybridized carbons (Fsp3) is 0.310. The van der Waals surface area contributed by atoms with Crippen molar-refractivity contribution in [2.24, 2.45) is 0 Å². The molecule has 0 bridgehead atoms. The smallest absolute Gasteiger partial charge is 0.478 e. The first kappa shape index (κ1) is 77.5. The van der Waals surface area contributed by atoms with Gasteiger partial charge in [-0.1, -0.05) is 125 Å². The normalized spacial score (nSPS) is 18.8. The van der Waals surface area contributed by atoms with Crippen molar-refractivity contribution < 1.29 is 113 Å². The fourth-order valence-electron chi connectivity index (χ4n) is 15.0. The Labute approximate surface area is 653 Å². The highest BCUT2D eigenvalue weighted by Gasteiger charge is 2.56. The number of fused-ring (bicyclic) bond motifs is 5. The standard InChI is InChI=1S/C27H22F2O6.C27H20F2O5.C25H27BF2O5.C8H5BrO2/c1-15-2-3-16(10-20(15)17-4-5-18(14-30)21(12-17)25(32)33)11-24(31)26(8-9-26)19-6-7-22-23(13-19)35-27(28,29)34-22;1-15-2-3-16(10-20(15)17-4-5-18-14-32-25(31)21(18)12-17)11-24(30)26(8-9-26)19-6-7-22-23(13-19)34-27(28,29)33-22;1-15-6-7-16(12-18(15)26-32-22(2,3)23(4,5)33-26)13-21(29)24(10-11-24)17-8-9-19-20(14-17)31-25(27,28)30-19;9-6-2-1-5-4-11-8(10)7(5)3-6/h2-7,10,12-13,30H,8-9,11,14H2,1H3,(H,32,33);2-7,10,12-13H,8-9,11,14H2,1H3;6-9,12,14H,10-11,13H2,1-5H3;1-3H,4H2. The number of aromatic carboxylic acids is 1. The predicted molar refractivity (Wildman–Crippen MR) is 402 cm³/mol. The van der Waals surface area contributed by atoms with Gasteiger partial charge in [0.1, 0.15) is 30.6 Å². The zero-order valence-corrected chi connectivity index (χ0v) is 63.8. The van der Waals surface area contributed by atoms with Crippen molar-refractivity contribution in [3.05, 3.63) is 252 Å². The quantitative estimate of drug-likeness (QED) is 0.0490. The van der Waals surface area contributed by atoms with Crippen LogP contribution in [-0.4, -0.2) is 82.7 Å². The molecule has 0 spiro atoms. The number of hydrogen-bond acceptors (Lipinski definition) is 17. The minimum atomic E-state index is -3.71. The molecule has 6 aliphatic heterocycles. The van der Waals surface area contributed by atoms with Crippen molar-refractivity contribution in [2.75, 3.05) is 0 Å². The molecule has 6 heterocycles. The maximum atomic E-state index is 13.4. The van der Waals surface area contributed by atoms with Crippen molar-refractivity contribution in [2.45, 2.75) is 172 Å². The number of alkyl halides is 6. The first-order valence-corrected chi connectivity index (χ1v) is 37.4. The number of halogens is 7. The second-order valence-electron chi connectivity index (χ2n) is 30.8. The average Bonchev–Trinajstić information content (AvgIpc) is 1.64. The lowest BCUT2D eigenvalue weighted by Crippen LogP contribution is -2.41. The van der Waals surface area contributed by atoms with E-state index in [0.717, 1.165) is 71.1 Å². The van der Waals surface area contributed by atoms with E-state index in [4.69, 9.17) is 18.8 Å². The Balaban J connectivity index is 0.000000125. The number of rotatable bonds is 17. The number of hydrogen-bond donors (Lipinski definition) is 2. The van der Waals surface area contributed by atoms with Gasteiger partial charge in [-0.25, -0.2) is 14.4 Å². The molecule has 0 aromatic heterocycles. The Bertz CT molecular complexity index is 5440. The molecule has 3 saturated carbocycles. The average molecular weight is 1610 g/mol. The van der Waals surface area contributed by atoms with E-state index in [1.165, 1.54) is 42.5 Å². The molecule has 0 amide bonds. The van der Waals surface area contributed by atoms with Crippen molar-refractivity contribution in [3.63, 3.8) is 0 Å². The van der Waals surface area contributed by atoms with Gasteiger partial charge in [0.2, 0.25) is 0 Å². The fourth-order valence-corrected chi connectivity index (χ4v) is 15.4. The summed E-state index contributed by atoms with van der Waals surface area (Å²) < 4.78 is 131. The zero-order chi connectivity index (χ0) is 80.3. The molecule has 9 aliphatic rings. The van der Waals surface area contributed by atoms with Crippen LogP contribution in [0.5, 0.6) is 34.5 Å². The maximum Gasteiger partial charge on any atom is 0.586 e. The second kappa shape index (κ2) is 28.7. The third-order valence-corrected chi connectivity index (χ3v) is 23.2. The lowest BCUT2D eigenvalue weighted by molar-refractivity contribution is -0.287. The van der Waals surface area contributed by atoms with Crippen LogP contribution in [0.15, 0.2) is 168 Å². The number of carboxylic acid groups (broad SMARTS) is 1. The minimum Gasteiger partial charge on any atom is -0.478 e. The van der Waals surface area contributed by atoms with Crippen LogP contribution in [0.1, 0.15) is 164 Å². The van der Waals surface area contributed by atoms with Gasteiger partial charge in [0.15, 0.2) is 34.5 Å². The van der Waals surface area contributed by atoms with Crippen molar-refractivity contribution in [1.29, 1.82) is 0 Å². The number of aryl methyl sites for hydroxylation is 3. The number of aliphatic hydroxyl groups excluding tert-OH is 1. The van der Waals surface area contributed by atoms with Gasteiger partial charge in [0, 0.05) is 34.9 Å². The Morgan fingerprint density at radius 2 is 0.796 bits per heavy atom. The summed E-state index contributed by atoms with van der Waals surface area (Å²) >= 11 is 3.28. The molecule has 18 rings (SSSR count). The monoisotopic (exact) mass is 1610 g/mol. The molecule has 3 aliphatic carbocycles. The number of ether oxygens (including phenoxy) is 8. The van der Waals surface area contributed by atoms with Gasteiger partial charge in [0.25, 0.3) is 0 Å². The summed E-state index contributed by atoms with van der Waals surface area (Å²) in [5.74, 6) is -1.87. The van der Waals surface area contributed by atoms with E-state index in [9.17, 15) is 65.3 Å². The maximum absolute atomic E-state index is 13.4. The van der Waals surface area contributed by atoms with E-state index in [-0.39, 0.29) is 95.2 Å². The van der Waals surface area contributed by atoms with E-state index >= 15 is 0 Å². The zero-order valence-electron chi connectivity index (χ0n) is 62.2. The van der Waals surface area contributed by atoms with E-state index < -0.39 is 59.4 Å². The second-order valence-corrected chi connectivity index (χ2v) is 31.7. The summed E-state index contributed by atoms with van der Waals surface area (Å²) in [5.41, 5.74) is 12.1. The Morgan fingerprint density at radius 1 is 0.425 bits per heavy atom. The molecule has 0 atom stereocenters. The number of carbonyl (C=O) groups excluding carboxylic acids is 5. The van der Waals surface area contributed by atoms with E-state index in [1.807, 2.05) is 133 Å². The number of carboxylic acids is 1. The van der Waals surface area contributed by atoms with E-state index in [1.54, 1.807) is 36.4 Å². The molecular formula is C87H74BBrF6O18. The van der Waals surface area contributed by atoms with Crippen LogP contribution < -0.4 is 33.9 Å². The van der Waals surface area contributed by atoms with Crippen LogP contribution in [0, 0.1) is 20.8 Å². The van der Waals surface area contributed by atoms with Gasteiger partial charge in [-0.2, -0.15) is 0 Å². The Morgan fingerprint density at radius 3 is 1.20 bits per heavy atom. The van der Waals surface area contributed by atoms with Crippen LogP contribution in [0.3, 0.4) is 0 Å². The van der Waals surface area contributed by atoms with Gasteiger partial charge in [-0.15, -0.1) is 26.3 Å². The molecule has 26 heteroatoms. The number of ketones is 3. The molecule has 2 N–H and O–H groups in total. The number of benzene rings is 9. The highest BCUT2D eigenvalue weighted by atomic mass is 79.9. The molecule has 1 saturated heterocycles. The number of Topliss-reactive ketones (excluding diaryl/α,β-unsaturated/α-hetero) is 3. The lowest BCUT2D eigenvalue weighted by atomic mass is 9.75. The van der Waals surface area contributed by atoms with Crippen LogP contribution in [-0.2, 0) is 88.5 Å². The van der Waals surface area contributed by atoms with Gasteiger partial charge in [-0.05, 0) is 225 Å². The van der Waals surface area contributed by atoms with Gasteiger partial charge in [-0.3, -0.25) is 14.4 Å². The number of cyclic esters (lactones) is 2. The molecule has 18 nitrogen and oxygen atoms in total. The summed E-state index contributed by atoms with van der Waals surface area (Å²) in [5, 5.41) is 18.9. The van der Waals surface area contributed by atoms with Crippen LogP contribution in [0.4, 0.5) is 26.3 Å². The first-order chi connectivity index (χ1) is 53.4.